The number of fused-ring (bicyclic) bond motifs is 1. The number of hydrogen-bond acceptors (Lipinski definition) is 4. The summed E-state index contributed by atoms with van der Waals surface area (Å²) in [4.78, 5) is 29.0. The minimum absolute atomic E-state index is 0.0280. The lowest BCUT2D eigenvalue weighted by Gasteiger charge is -2.30. The van der Waals surface area contributed by atoms with E-state index < -0.39 is 0 Å². The fraction of sp³-hybridized carbons (Fsp3) is 0.250. The van der Waals surface area contributed by atoms with E-state index in [0.29, 0.717) is 5.69 Å². The summed E-state index contributed by atoms with van der Waals surface area (Å²) in [5, 5.41) is 4.43. The number of aliphatic imine (C=N–C) groups is 1. The van der Waals surface area contributed by atoms with Gasteiger partial charge in [-0.1, -0.05) is 42.5 Å². The van der Waals surface area contributed by atoms with Crippen LogP contribution in [0.5, 0.6) is 0 Å². The Morgan fingerprint density at radius 2 is 1.88 bits per heavy atom. The number of carbonyl (C=O) groups is 2. The minimum Gasteiger partial charge on any atom is -0.343 e. The van der Waals surface area contributed by atoms with E-state index in [2.05, 4.69) is 27.9 Å². The number of nitrogens with one attached hydrogen (secondary N) is 2. The lowest BCUT2D eigenvalue weighted by molar-refractivity contribution is -0.118. The molecule has 0 saturated carbocycles. The van der Waals surface area contributed by atoms with Crippen LogP contribution in [0, 0.1) is 0 Å². The Morgan fingerprint density at radius 3 is 2.73 bits per heavy atom. The first-order chi connectivity index (χ1) is 12.7. The Bertz CT molecular complexity index is 863. The van der Waals surface area contributed by atoms with Gasteiger partial charge in [0.05, 0.1) is 11.7 Å². The van der Waals surface area contributed by atoms with Gasteiger partial charge in [0, 0.05) is 0 Å². The van der Waals surface area contributed by atoms with Crippen molar-refractivity contribution in [3.8, 4) is 0 Å². The molecule has 26 heavy (non-hydrogen) atoms. The van der Waals surface area contributed by atoms with Crippen molar-refractivity contribution in [2.24, 2.45) is 4.99 Å². The second kappa shape index (κ2) is 7.00. The monoisotopic (exact) mass is 348 g/mol. The first-order valence-electron chi connectivity index (χ1n) is 8.80. The van der Waals surface area contributed by atoms with Crippen LogP contribution in [0.3, 0.4) is 0 Å². The van der Waals surface area contributed by atoms with Gasteiger partial charge in [-0.05, 0) is 42.5 Å². The maximum atomic E-state index is 12.7. The van der Waals surface area contributed by atoms with Crippen LogP contribution in [0.2, 0.25) is 0 Å². The molecule has 0 bridgehead atoms. The number of hydrogen-bond donors (Lipinski definition) is 2. The molecule has 0 radical (unpaired) electrons. The average Bonchev–Trinajstić information content (AvgIpc) is 2.69. The predicted octanol–water partition coefficient (Wildman–Crippen LogP) is 2.13. The largest absolute Gasteiger partial charge is 0.343 e. The van der Waals surface area contributed by atoms with Gasteiger partial charge in [0.1, 0.15) is 6.54 Å². The quantitative estimate of drug-likeness (QED) is 0.892. The molecule has 2 amide bonds. The third-order valence-corrected chi connectivity index (χ3v) is 4.74. The van der Waals surface area contributed by atoms with Gasteiger partial charge in [-0.15, -0.1) is 0 Å². The highest BCUT2D eigenvalue weighted by Gasteiger charge is 2.28. The van der Waals surface area contributed by atoms with Crippen LogP contribution in [0.4, 0.5) is 5.69 Å². The SMILES string of the molecule is O=C(N[C@@H]1CCCc2ccccc21)C1=NCC(=O)N(c2ccccc2)N1. The number of aryl methyl sites for hydroxylation is 1. The molecule has 0 spiro atoms. The summed E-state index contributed by atoms with van der Waals surface area (Å²) < 4.78 is 0. The van der Waals surface area contributed by atoms with Crippen LogP contribution in [-0.2, 0) is 16.0 Å². The van der Waals surface area contributed by atoms with Crippen molar-refractivity contribution in [2.45, 2.75) is 25.3 Å². The zero-order valence-electron chi connectivity index (χ0n) is 14.3. The summed E-state index contributed by atoms with van der Waals surface area (Å²) in [6.45, 7) is -0.0497. The highest BCUT2D eigenvalue weighted by atomic mass is 16.2. The number of benzene rings is 2. The fourth-order valence-electron chi connectivity index (χ4n) is 3.46. The zero-order chi connectivity index (χ0) is 17.9. The van der Waals surface area contributed by atoms with Crippen molar-refractivity contribution in [1.29, 1.82) is 0 Å². The highest BCUT2D eigenvalue weighted by molar-refractivity contribution is 6.39. The van der Waals surface area contributed by atoms with Crippen LogP contribution in [0.25, 0.3) is 0 Å². The minimum atomic E-state index is -0.292. The van der Waals surface area contributed by atoms with E-state index in [1.165, 1.54) is 16.1 Å². The van der Waals surface area contributed by atoms with Gasteiger partial charge < -0.3 is 5.32 Å². The molecular formula is C20H20N4O2. The molecule has 1 aliphatic carbocycles. The molecule has 2 aromatic rings. The topological polar surface area (TPSA) is 73.8 Å². The lowest BCUT2D eigenvalue weighted by Crippen LogP contribution is -2.56. The van der Waals surface area contributed by atoms with Crippen molar-refractivity contribution in [1.82, 2.24) is 10.7 Å². The molecule has 0 unspecified atom stereocenters. The molecule has 6 nitrogen and oxygen atoms in total. The standard InChI is InChI=1S/C20H20N4O2/c25-18-13-21-19(23-24(18)15-9-2-1-3-10-15)20(26)22-17-12-6-8-14-7-4-5-11-16(14)17/h1-5,7,9-11,17H,6,8,12-13H2,(H,21,23)(H,22,26)/t17-/m1/s1. The normalized spacial score (nSPS) is 19.2. The van der Waals surface area contributed by atoms with E-state index >= 15 is 0 Å². The van der Waals surface area contributed by atoms with Gasteiger partial charge in [-0.2, -0.15) is 0 Å². The molecule has 1 atom stereocenters. The van der Waals surface area contributed by atoms with Crippen LogP contribution in [0.1, 0.15) is 30.0 Å². The number of nitrogens with zero attached hydrogens (tertiary/aromatic N) is 2. The summed E-state index contributed by atoms with van der Waals surface area (Å²) in [6.07, 6.45) is 2.98. The molecule has 2 aromatic carbocycles. The van der Waals surface area contributed by atoms with Gasteiger partial charge in [0.15, 0.2) is 0 Å². The molecule has 1 aliphatic heterocycles. The number of carbonyl (C=O) groups excluding carboxylic acids is 2. The van der Waals surface area contributed by atoms with Crippen molar-refractivity contribution in [2.75, 3.05) is 11.6 Å². The first-order valence-corrected chi connectivity index (χ1v) is 8.80. The summed E-state index contributed by atoms with van der Waals surface area (Å²) in [5.41, 5.74) is 5.98. The van der Waals surface area contributed by atoms with Crippen molar-refractivity contribution >= 4 is 23.3 Å². The molecule has 1 heterocycles. The molecule has 2 N–H and O–H groups in total. The summed E-state index contributed by atoms with van der Waals surface area (Å²) >= 11 is 0. The number of para-hydroxylation sites is 1. The molecule has 132 valence electrons. The Balaban J connectivity index is 1.50. The summed E-state index contributed by atoms with van der Waals surface area (Å²) in [5.74, 6) is -0.326. The smallest absolute Gasteiger partial charge is 0.288 e. The zero-order valence-corrected chi connectivity index (χ0v) is 14.3. The molecule has 6 heteroatoms. The van der Waals surface area contributed by atoms with E-state index in [0.717, 1.165) is 19.3 Å². The first kappa shape index (κ1) is 16.3. The Kier molecular flexibility index (Phi) is 4.39. The second-order valence-electron chi connectivity index (χ2n) is 6.46. The number of amides is 2. The van der Waals surface area contributed by atoms with E-state index in [1.807, 2.05) is 42.5 Å². The van der Waals surface area contributed by atoms with Crippen molar-refractivity contribution in [3.63, 3.8) is 0 Å². The Morgan fingerprint density at radius 1 is 1.12 bits per heavy atom. The van der Waals surface area contributed by atoms with Crippen LogP contribution in [0.15, 0.2) is 59.6 Å². The number of hydrazine groups is 1. The lowest BCUT2D eigenvalue weighted by atomic mass is 9.88. The van der Waals surface area contributed by atoms with Crippen LogP contribution in [-0.4, -0.2) is 24.2 Å². The molecule has 4 rings (SSSR count). The average molecular weight is 348 g/mol. The molecule has 0 saturated heterocycles. The third kappa shape index (κ3) is 3.18. The predicted molar refractivity (Wildman–Crippen MR) is 99.6 cm³/mol. The highest BCUT2D eigenvalue weighted by Crippen LogP contribution is 2.29. The number of rotatable bonds is 3. The third-order valence-electron chi connectivity index (χ3n) is 4.74. The maximum absolute atomic E-state index is 12.7. The summed E-state index contributed by atoms with van der Waals surface area (Å²) in [7, 11) is 0. The number of amidine groups is 1. The molecule has 2 aliphatic rings. The van der Waals surface area contributed by atoms with E-state index in [9.17, 15) is 9.59 Å². The van der Waals surface area contributed by atoms with Crippen LogP contribution >= 0.6 is 0 Å². The summed E-state index contributed by atoms with van der Waals surface area (Å²) in [6, 6.07) is 17.3. The van der Waals surface area contributed by atoms with Gasteiger partial charge in [0.25, 0.3) is 11.8 Å². The van der Waals surface area contributed by atoms with Crippen molar-refractivity contribution < 1.29 is 9.59 Å². The van der Waals surface area contributed by atoms with Gasteiger partial charge in [-0.25, -0.2) is 5.01 Å². The van der Waals surface area contributed by atoms with E-state index in [4.69, 9.17) is 0 Å². The Hall–Kier alpha value is -3.15. The molecule has 0 fully saturated rings. The van der Waals surface area contributed by atoms with Gasteiger partial charge in [-0.3, -0.25) is 20.0 Å². The number of anilines is 1. The van der Waals surface area contributed by atoms with Crippen LogP contribution < -0.4 is 15.8 Å². The van der Waals surface area contributed by atoms with E-state index in [-0.39, 0.29) is 30.2 Å². The second-order valence-corrected chi connectivity index (χ2v) is 6.46. The molecular weight excluding hydrogens is 328 g/mol. The van der Waals surface area contributed by atoms with Gasteiger partial charge in [0.2, 0.25) is 5.84 Å². The van der Waals surface area contributed by atoms with Gasteiger partial charge >= 0.3 is 0 Å². The Labute approximate surface area is 151 Å². The maximum Gasteiger partial charge on any atom is 0.288 e. The molecule has 0 aromatic heterocycles. The van der Waals surface area contributed by atoms with E-state index in [1.54, 1.807) is 0 Å². The fourth-order valence-corrected chi connectivity index (χ4v) is 3.46. The van der Waals surface area contributed by atoms with Crippen molar-refractivity contribution in [3.05, 3.63) is 65.7 Å².